The molecule has 1 aliphatic heterocycles. The van der Waals surface area contributed by atoms with E-state index < -0.39 is 11.5 Å². The number of phenolic OH excluding ortho intramolecular Hbond substituents is 4. The van der Waals surface area contributed by atoms with Crippen LogP contribution in [0, 0.1) is 0 Å². The molecule has 0 amide bonds. The third kappa shape index (κ3) is 9.51. The highest BCUT2D eigenvalue weighted by Crippen LogP contribution is 2.45. The number of phenols is 4. The van der Waals surface area contributed by atoms with Crippen LogP contribution >= 0.6 is 23.1 Å². The van der Waals surface area contributed by atoms with Gasteiger partial charge >= 0.3 is 0 Å². The lowest BCUT2D eigenvalue weighted by molar-refractivity contribution is -0.525. The van der Waals surface area contributed by atoms with Gasteiger partial charge in [-0.25, -0.2) is 4.58 Å². The van der Waals surface area contributed by atoms with E-state index in [-0.39, 0.29) is 44.9 Å². The van der Waals surface area contributed by atoms with E-state index in [4.69, 9.17) is 0 Å². The first-order valence-corrected chi connectivity index (χ1v) is 20.8. The Kier molecular flexibility index (Phi) is 14.3. The molecular formula is C44H53N2O6S2+. The predicted molar refractivity (Wildman–Crippen MR) is 226 cm³/mol. The van der Waals surface area contributed by atoms with Gasteiger partial charge in [0.25, 0.3) is 0 Å². The summed E-state index contributed by atoms with van der Waals surface area (Å²) in [6.07, 6.45) is 20.6. The number of Topliss-reactive ketones (excluding diaryl/α,β-unsaturated/α-hetero) is 1. The molecule has 0 saturated carbocycles. The van der Waals surface area contributed by atoms with E-state index in [1.54, 1.807) is 35.3 Å². The number of carbonyl (C=O) groups excluding carboxylic acids is 1. The monoisotopic (exact) mass is 769 g/mol. The van der Waals surface area contributed by atoms with Crippen LogP contribution < -0.4 is 15.3 Å². The fraction of sp³-hybridized carbons (Fsp3) is 0.364. The molecule has 54 heavy (non-hydrogen) atoms. The third-order valence-electron chi connectivity index (χ3n) is 9.52. The Morgan fingerprint density at radius 3 is 1.89 bits per heavy atom. The number of anilines is 1. The number of thioether (sulfide) groups is 1. The first-order valence-electron chi connectivity index (χ1n) is 19.1. The highest BCUT2D eigenvalue weighted by Gasteiger charge is 2.39. The van der Waals surface area contributed by atoms with Gasteiger partial charge in [-0.2, -0.15) is 0 Å². The maximum Gasteiger partial charge on any atom is 0.239 e. The minimum absolute atomic E-state index is 0.212. The van der Waals surface area contributed by atoms with Crippen LogP contribution in [0.4, 0.5) is 5.00 Å². The highest BCUT2D eigenvalue weighted by atomic mass is 32.2. The van der Waals surface area contributed by atoms with Gasteiger partial charge in [0.15, 0.2) is 0 Å². The molecule has 0 atom stereocenters. The summed E-state index contributed by atoms with van der Waals surface area (Å²) in [4.78, 5) is 17.9. The molecular weight excluding hydrogens is 717 g/mol. The number of ketones is 1. The van der Waals surface area contributed by atoms with E-state index in [1.165, 1.54) is 34.3 Å². The second-order valence-electron chi connectivity index (χ2n) is 13.7. The van der Waals surface area contributed by atoms with Crippen molar-refractivity contribution < 1.29 is 34.9 Å². The van der Waals surface area contributed by atoms with Gasteiger partial charge in [-0.05, 0) is 90.0 Å². The van der Waals surface area contributed by atoms with Gasteiger partial charge in [-0.1, -0.05) is 65.5 Å². The van der Waals surface area contributed by atoms with E-state index >= 15 is 0 Å². The molecule has 0 bridgehead atoms. The van der Waals surface area contributed by atoms with Crippen molar-refractivity contribution >= 4 is 68.3 Å². The van der Waals surface area contributed by atoms with Crippen LogP contribution in [0.1, 0.15) is 95.1 Å². The van der Waals surface area contributed by atoms with E-state index in [0.29, 0.717) is 10.8 Å². The first kappa shape index (κ1) is 40.5. The number of carbonyl (C=O) groups is 1. The topological polar surface area (TPSA) is 124 Å². The van der Waals surface area contributed by atoms with Gasteiger partial charge in [-0.3, -0.25) is 4.79 Å². The minimum Gasteiger partial charge on any atom is -0.507 e. The Morgan fingerprint density at radius 2 is 1.31 bits per heavy atom. The number of unbranched alkanes of at least 4 members (excludes halogenated alkanes) is 4. The van der Waals surface area contributed by atoms with Gasteiger partial charge in [0.05, 0.1) is 26.9 Å². The molecule has 2 heterocycles. The van der Waals surface area contributed by atoms with Crippen LogP contribution in [0.2, 0.25) is 0 Å². The third-order valence-corrected chi connectivity index (χ3v) is 11.7. The predicted octanol–water partition coefficient (Wildman–Crippen LogP) is 8.83. The maximum atomic E-state index is 13.4. The summed E-state index contributed by atoms with van der Waals surface area (Å²) in [5.41, 5.74) is -0.283. The summed E-state index contributed by atoms with van der Waals surface area (Å²) in [5, 5.41) is 57.5. The second-order valence-corrected chi connectivity index (χ2v) is 15.9. The number of hydrogen-bond donors (Lipinski definition) is 5. The molecule has 286 valence electrons. The molecule has 0 fully saturated rings. The van der Waals surface area contributed by atoms with Gasteiger partial charge in [0.1, 0.15) is 41.8 Å². The number of aliphatic hydroxyl groups excluding tert-OH is 1. The molecule has 1 aliphatic carbocycles. The lowest BCUT2D eigenvalue weighted by Gasteiger charge is -2.23. The standard InChI is InChI=1S/C44H52N2O6S2/c1-5-9-21-45(22-10-6-2)37-19-17-31(53-37)15-13-29-25-33(47)39(34(48)26-29)41-43(51)42(44(41)52)40-35(49)27-30(28-36(40)50)14-16-32-18-20-38(54-32)46(23-11-7-3)24-12-8-4/h13-20,25-28H,5-12,21-24H2,1-4H3,(H4,47,48,49,50,51,52)/p+1/b15-13+. The van der Waals surface area contributed by atoms with Crippen LogP contribution in [0.3, 0.4) is 0 Å². The molecule has 5 N–H and O–H groups in total. The van der Waals surface area contributed by atoms with Crippen LogP contribution in [-0.2, 0) is 4.79 Å². The SMILES string of the molecule is CCCCN(CCCC)c1ccc(/C=C/c2cc(O)c(C3=C(O)C(=c4c(O)cc(=C/C=C5\C=CC(=[N+](CCCC)CCCC)S5)cc4O)C3=O)c(O)c2)s1. The van der Waals surface area contributed by atoms with Gasteiger partial charge < -0.3 is 30.4 Å². The molecule has 0 saturated heterocycles. The van der Waals surface area contributed by atoms with Crippen LogP contribution in [0.15, 0.2) is 65.3 Å². The molecule has 5 rings (SSSR count). The average molecular weight is 770 g/mol. The summed E-state index contributed by atoms with van der Waals surface area (Å²) in [7, 11) is 0. The molecule has 2 aliphatic rings. The molecule has 0 radical (unpaired) electrons. The van der Waals surface area contributed by atoms with Crippen molar-refractivity contribution in [2.24, 2.45) is 0 Å². The van der Waals surface area contributed by atoms with Crippen LogP contribution in [0.5, 0.6) is 23.0 Å². The number of benzene rings is 2. The lowest BCUT2D eigenvalue weighted by atomic mass is 9.81. The summed E-state index contributed by atoms with van der Waals surface area (Å²) >= 11 is 3.36. The number of rotatable bonds is 17. The van der Waals surface area contributed by atoms with E-state index in [0.717, 1.165) is 87.3 Å². The molecule has 8 nitrogen and oxygen atoms in total. The number of aliphatic hydroxyl groups is 1. The zero-order valence-electron chi connectivity index (χ0n) is 31.8. The van der Waals surface area contributed by atoms with E-state index in [1.807, 2.05) is 24.3 Å². The van der Waals surface area contributed by atoms with Crippen molar-refractivity contribution in [1.82, 2.24) is 0 Å². The van der Waals surface area contributed by atoms with Crippen molar-refractivity contribution in [3.8, 4) is 23.0 Å². The molecule has 10 heteroatoms. The Bertz CT molecular complexity index is 2070. The normalized spacial score (nSPS) is 14.9. The highest BCUT2D eigenvalue weighted by molar-refractivity contribution is 8.18. The zero-order chi connectivity index (χ0) is 38.8. The quantitative estimate of drug-likeness (QED) is 0.0864. The Labute approximate surface area is 326 Å². The smallest absolute Gasteiger partial charge is 0.239 e. The van der Waals surface area contributed by atoms with Crippen LogP contribution in [0.25, 0.3) is 29.4 Å². The average Bonchev–Trinajstić information content (AvgIpc) is 3.83. The Morgan fingerprint density at radius 1 is 0.704 bits per heavy atom. The van der Waals surface area contributed by atoms with Crippen molar-refractivity contribution in [3.63, 3.8) is 0 Å². The van der Waals surface area contributed by atoms with Crippen molar-refractivity contribution in [3.05, 3.63) is 91.7 Å². The summed E-state index contributed by atoms with van der Waals surface area (Å²) in [6, 6.07) is 9.84. The molecule has 0 unspecified atom stereocenters. The summed E-state index contributed by atoms with van der Waals surface area (Å²) < 4.78 is 2.42. The lowest BCUT2D eigenvalue weighted by Crippen LogP contribution is -2.28. The Balaban J connectivity index is 1.36. The van der Waals surface area contributed by atoms with Crippen molar-refractivity contribution in [2.75, 3.05) is 31.1 Å². The van der Waals surface area contributed by atoms with E-state index in [2.05, 4.69) is 49.3 Å². The first-order chi connectivity index (χ1) is 26.1. The number of aromatic hydroxyl groups is 4. The van der Waals surface area contributed by atoms with Gasteiger partial charge in [-0.15, -0.1) is 11.3 Å². The fourth-order valence-corrected chi connectivity index (χ4v) is 8.38. The second kappa shape index (κ2) is 19.1. The summed E-state index contributed by atoms with van der Waals surface area (Å²) in [6.45, 7) is 12.8. The number of thiophene rings is 1. The summed E-state index contributed by atoms with van der Waals surface area (Å²) in [5.74, 6) is -2.79. The zero-order valence-corrected chi connectivity index (χ0v) is 33.4. The maximum absolute atomic E-state index is 13.4. The van der Waals surface area contributed by atoms with Gasteiger partial charge in [0, 0.05) is 41.8 Å². The number of nitrogens with zero attached hydrogens (tertiary/aromatic N) is 2. The molecule has 0 spiro atoms. The molecule has 1 aromatic heterocycles. The van der Waals surface area contributed by atoms with Crippen molar-refractivity contribution in [2.45, 2.75) is 79.1 Å². The molecule has 2 aromatic carbocycles. The van der Waals surface area contributed by atoms with Gasteiger partial charge in [0.2, 0.25) is 10.8 Å². The van der Waals surface area contributed by atoms with Crippen molar-refractivity contribution in [1.29, 1.82) is 0 Å². The van der Waals surface area contributed by atoms with E-state index in [9.17, 15) is 30.3 Å². The minimum atomic E-state index is -0.723. The molecule has 3 aromatic rings. The number of hydrogen-bond acceptors (Lipinski definition) is 9. The number of allylic oxidation sites excluding steroid dienone is 4. The largest absolute Gasteiger partial charge is 0.507 e. The van der Waals surface area contributed by atoms with Crippen LogP contribution in [-0.4, -0.2) is 67.1 Å². The Hall–Kier alpha value is -4.67. The fourth-order valence-electron chi connectivity index (χ4n) is 6.46.